The van der Waals surface area contributed by atoms with Crippen LogP contribution in [0.25, 0.3) is 0 Å². The van der Waals surface area contributed by atoms with Gasteiger partial charge in [0.2, 0.25) is 0 Å². The summed E-state index contributed by atoms with van der Waals surface area (Å²) in [6, 6.07) is 4.91. The zero-order chi connectivity index (χ0) is 11.3. The first kappa shape index (κ1) is 12.4. The molecule has 0 aliphatic heterocycles. The van der Waals surface area contributed by atoms with Crippen molar-refractivity contribution < 1.29 is 14.6 Å². The van der Waals surface area contributed by atoms with Crippen LogP contribution in [0.4, 0.5) is 0 Å². The van der Waals surface area contributed by atoms with E-state index in [4.69, 9.17) is 21.4 Å². The molecule has 0 fully saturated rings. The maximum absolute atomic E-state index is 10.8. The summed E-state index contributed by atoms with van der Waals surface area (Å²) in [4.78, 5) is 11.6. The average Bonchev–Trinajstić information content (AvgIpc) is 2.20. The predicted molar refractivity (Wildman–Crippen MR) is 60.8 cm³/mol. The van der Waals surface area contributed by atoms with E-state index in [1.807, 2.05) is 6.92 Å². The molecule has 82 valence electrons. The SMILES string of the molecule is CCOCSc1ccc(Cl)c(C(=O)O)c1. The number of aromatic carboxylic acids is 1. The number of carboxylic acid groups (broad SMARTS) is 1. The van der Waals surface area contributed by atoms with Crippen molar-refractivity contribution >= 4 is 29.3 Å². The molecule has 1 aromatic rings. The Morgan fingerprint density at radius 1 is 1.60 bits per heavy atom. The highest BCUT2D eigenvalue weighted by molar-refractivity contribution is 7.99. The summed E-state index contributed by atoms with van der Waals surface area (Å²) in [5, 5.41) is 9.09. The molecule has 0 aromatic heterocycles. The van der Waals surface area contributed by atoms with E-state index in [0.29, 0.717) is 12.5 Å². The zero-order valence-corrected chi connectivity index (χ0v) is 9.77. The highest BCUT2D eigenvalue weighted by Crippen LogP contribution is 2.24. The lowest BCUT2D eigenvalue weighted by molar-refractivity contribution is 0.0697. The van der Waals surface area contributed by atoms with Crippen LogP contribution in [0.15, 0.2) is 23.1 Å². The third-order valence-corrected chi connectivity index (χ3v) is 2.88. The fourth-order valence-electron chi connectivity index (χ4n) is 0.951. The lowest BCUT2D eigenvalue weighted by Crippen LogP contribution is -1.97. The smallest absolute Gasteiger partial charge is 0.337 e. The quantitative estimate of drug-likeness (QED) is 0.493. The third-order valence-electron chi connectivity index (χ3n) is 1.68. The number of hydrogen-bond acceptors (Lipinski definition) is 3. The molecule has 0 atom stereocenters. The molecule has 0 saturated carbocycles. The van der Waals surface area contributed by atoms with Gasteiger partial charge in [-0.3, -0.25) is 0 Å². The van der Waals surface area contributed by atoms with Crippen molar-refractivity contribution in [3.8, 4) is 0 Å². The second-order valence-electron chi connectivity index (χ2n) is 2.70. The van der Waals surface area contributed by atoms with Crippen LogP contribution in [-0.2, 0) is 4.74 Å². The van der Waals surface area contributed by atoms with Crippen molar-refractivity contribution in [3.05, 3.63) is 28.8 Å². The molecule has 1 N–H and O–H groups in total. The number of benzene rings is 1. The minimum absolute atomic E-state index is 0.123. The Labute approximate surface area is 97.4 Å². The lowest BCUT2D eigenvalue weighted by atomic mass is 10.2. The number of carbonyl (C=O) groups is 1. The van der Waals surface area contributed by atoms with Crippen LogP contribution in [0.2, 0.25) is 5.02 Å². The third kappa shape index (κ3) is 3.74. The van der Waals surface area contributed by atoms with Gasteiger partial charge in [0.05, 0.1) is 16.5 Å². The van der Waals surface area contributed by atoms with Gasteiger partial charge in [-0.1, -0.05) is 23.4 Å². The van der Waals surface area contributed by atoms with E-state index in [1.54, 1.807) is 18.2 Å². The van der Waals surface area contributed by atoms with Crippen LogP contribution in [0.1, 0.15) is 17.3 Å². The Morgan fingerprint density at radius 2 is 2.33 bits per heavy atom. The molecule has 0 radical (unpaired) electrons. The summed E-state index contributed by atoms with van der Waals surface area (Å²) >= 11 is 7.17. The molecule has 0 aliphatic rings. The number of halogens is 1. The van der Waals surface area contributed by atoms with Gasteiger partial charge in [0, 0.05) is 11.5 Å². The predicted octanol–water partition coefficient (Wildman–Crippen LogP) is 3.12. The maximum Gasteiger partial charge on any atom is 0.337 e. The molecule has 0 aliphatic carbocycles. The van der Waals surface area contributed by atoms with E-state index >= 15 is 0 Å². The molecular weight excluding hydrogens is 236 g/mol. The van der Waals surface area contributed by atoms with Gasteiger partial charge in [-0.25, -0.2) is 4.79 Å². The Morgan fingerprint density at radius 3 is 2.93 bits per heavy atom. The number of rotatable bonds is 5. The molecule has 5 heteroatoms. The molecule has 0 saturated heterocycles. The van der Waals surface area contributed by atoms with Crippen LogP contribution < -0.4 is 0 Å². The summed E-state index contributed by atoms with van der Waals surface area (Å²) in [5.41, 5.74) is 0.123. The van der Waals surface area contributed by atoms with Crippen LogP contribution in [0.3, 0.4) is 0 Å². The minimum Gasteiger partial charge on any atom is -0.478 e. The van der Waals surface area contributed by atoms with E-state index in [0.717, 1.165) is 4.90 Å². The number of thioether (sulfide) groups is 1. The molecule has 1 aromatic carbocycles. The Kier molecular flexibility index (Phi) is 4.94. The van der Waals surface area contributed by atoms with Gasteiger partial charge in [0.1, 0.15) is 0 Å². The Hall–Kier alpha value is -0.710. The summed E-state index contributed by atoms with van der Waals surface area (Å²) in [5.74, 6) is -0.504. The molecule has 15 heavy (non-hydrogen) atoms. The van der Waals surface area contributed by atoms with Gasteiger partial charge in [-0.05, 0) is 25.1 Å². The summed E-state index contributed by atoms with van der Waals surface area (Å²) in [6.07, 6.45) is 0. The van der Waals surface area contributed by atoms with E-state index in [2.05, 4.69) is 0 Å². The molecular formula is C10H11ClO3S. The van der Waals surface area contributed by atoms with Crippen molar-refractivity contribution in [2.45, 2.75) is 11.8 Å². The number of hydrogen-bond donors (Lipinski definition) is 1. The average molecular weight is 247 g/mol. The van der Waals surface area contributed by atoms with Crippen molar-refractivity contribution in [3.63, 3.8) is 0 Å². The monoisotopic (exact) mass is 246 g/mol. The fraction of sp³-hybridized carbons (Fsp3) is 0.300. The van der Waals surface area contributed by atoms with Crippen LogP contribution in [0, 0.1) is 0 Å². The minimum atomic E-state index is -1.01. The summed E-state index contributed by atoms with van der Waals surface area (Å²) in [6.45, 7) is 2.55. The topological polar surface area (TPSA) is 46.5 Å². The standard InChI is InChI=1S/C10H11ClO3S/c1-2-14-6-15-7-3-4-9(11)8(5-7)10(12)13/h3-5H,2,6H2,1H3,(H,12,13). The van der Waals surface area contributed by atoms with Gasteiger partial charge in [0.25, 0.3) is 0 Å². The van der Waals surface area contributed by atoms with Gasteiger partial charge in [0.15, 0.2) is 0 Å². The first-order chi connectivity index (χ1) is 7.15. The fourth-order valence-corrected chi connectivity index (χ4v) is 1.90. The van der Waals surface area contributed by atoms with Crippen LogP contribution in [-0.4, -0.2) is 23.6 Å². The highest BCUT2D eigenvalue weighted by atomic mass is 35.5. The second-order valence-corrected chi connectivity index (χ2v) is 4.10. The van der Waals surface area contributed by atoms with Gasteiger partial charge in [-0.2, -0.15) is 0 Å². The molecule has 1 rings (SSSR count). The Bertz CT molecular complexity index is 355. The molecule has 0 unspecified atom stereocenters. The maximum atomic E-state index is 10.8. The first-order valence-electron chi connectivity index (χ1n) is 4.38. The highest BCUT2D eigenvalue weighted by Gasteiger charge is 2.09. The zero-order valence-electron chi connectivity index (χ0n) is 8.20. The van der Waals surface area contributed by atoms with E-state index in [1.165, 1.54) is 11.8 Å². The van der Waals surface area contributed by atoms with E-state index < -0.39 is 5.97 Å². The van der Waals surface area contributed by atoms with Crippen molar-refractivity contribution in [1.82, 2.24) is 0 Å². The molecule has 0 spiro atoms. The van der Waals surface area contributed by atoms with Gasteiger partial charge in [-0.15, -0.1) is 0 Å². The molecule has 0 bridgehead atoms. The van der Waals surface area contributed by atoms with Crippen molar-refractivity contribution in [2.24, 2.45) is 0 Å². The van der Waals surface area contributed by atoms with Crippen LogP contribution >= 0.6 is 23.4 Å². The lowest BCUT2D eigenvalue weighted by Gasteiger charge is -2.04. The molecule has 0 amide bonds. The molecule has 0 heterocycles. The summed E-state index contributed by atoms with van der Waals surface area (Å²) in [7, 11) is 0. The van der Waals surface area contributed by atoms with E-state index in [9.17, 15) is 4.79 Å². The van der Waals surface area contributed by atoms with Crippen molar-refractivity contribution in [2.75, 3.05) is 12.5 Å². The largest absolute Gasteiger partial charge is 0.478 e. The van der Waals surface area contributed by atoms with Crippen LogP contribution in [0.5, 0.6) is 0 Å². The Balaban J connectivity index is 2.74. The summed E-state index contributed by atoms with van der Waals surface area (Å²) < 4.78 is 5.15. The van der Waals surface area contributed by atoms with E-state index in [-0.39, 0.29) is 10.6 Å². The number of carboxylic acids is 1. The normalized spacial score (nSPS) is 10.3. The second kappa shape index (κ2) is 6.00. The van der Waals surface area contributed by atoms with Gasteiger partial charge >= 0.3 is 5.97 Å². The van der Waals surface area contributed by atoms with Gasteiger partial charge < -0.3 is 9.84 Å². The first-order valence-corrected chi connectivity index (χ1v) is 5.75. The van der Waals surface area contributed by atoms with Crippen molar-refractivity contribution in [1.29, 1.82) is 0 Å². The molecule has 3 nitrogen and oxygen atoms in total. The number of ether oxygens (including phenoxy) is 1.